The van der Waals surface area contributed by atoms with Crippen LogP contribution in [0.3, 0.4) is 0 Å². The number of hydrogen-bond acceptors (Lipinski definition) is 1. The van der Waals surface area contributed by atoms with E-state index in [0.717, 1.165) is 5.32 Å². The van der Waals surface area contributed by atoms with Gasteiger partial charge in [0.25, 0.3) is 5.91 Å². The van der Waals surface area contributed by atoms with Crippen molar-refractivity contribution < 1.29 is 39.9 Å². The van der Waals surface area contributed by atoms with Gasteiger partial charge in [0.2, 0.25) is 0 Å². The fourth-order valence-corrected chi connectivity index (χ4v) is 0.558. The van der Waals surface area contributed by atoms with Crippen molar-refractivity contribution in [1.29, 1.82) is 0 Å². The molecule has 0 aromatic carbocycles. The van der Waals surface area contributed by atoms with Crippen LogP contribution in [0.2, 0.25) is 0 Å². The van der Waals surface area contributed by atoms with Crippen LogP contribution in [0, 0.1) is 0 Å². The lowest BCUT2D eigenvalue weighted by atomic mass is 10.3. The normalized spacial score (nSPS) is 13.8. The fourth-order valence-electron chi connectivity index (χ4n) is 0.558. The molecular weight excluding hydrogens is 254 g/mol. The molecule has 0 aliphatic rings. The van der Waals surface area contributed by atoms with Crippen LogP contribution in [0.15, 0.2) is 0 Å². The number of nitrogens with one attached hydrogen (secondary N) is 1. The van der Waals surface area contributed by atoms with E-state index in [1.165, 1.54) is 0 Å². The van der Waals surface area contributed by atoms with Crippen LogP contribution >= 0.6 is 0 Å². The fraction of sp³-hybridized carbons (Fsp3) is 0.833. The molecule has 0 aliphatic heterocycles. The molecule has 1 N–H and O–H groups in total. The van der Waals surface area contributed by atoms with Gasteiger partial charge in [0.1, 0.15) is 0 Å². The number of amides is 1. The van der Waals surface area contributed by atoms with Crippen molar-refractivity contribution in [3.8, 4) is 0 Å². The molecule has 10 heteroatoms. The molecule has 0 atom stereocenters. The Morgan fingerprint density at radius 2 is 1.38 bits per heavy atom. The molecule has 0 saturated carbocycles. The minimum Gasteiger partial charge on any atom is -0.350 e. The third kappa shape index (κ3) is 4.19. The SMILES string of the molecule is O=C(NCCC(F)(F)F)C(F)(F)C(F)(F)F. The molecule has 2 nitrogen and oxygen atoms in total. The maximum absolute atomic E-state index is 12.1. The summed E-state index contributed by atoms with van der Waals surface area (Å²) in [6, 6.07) is 0. The van der Waals surface area contributed by atoms with Crippen molar-refractivity contribution in [2.75, 3.05) is 6.54 Å². The Morgan fingerprint density at radius 1 is 0.938 bits per heavy atom. The van der Waals surface area contributed by atoms with Crippen LogP contribution in [0.1, 0.15) is 6.42 Å². The van der Waals surface area contributed by atoms with Gasteiger partial charge in [0, 0.05) is 6.54 Å². The number of rotatable bonds is 3. The van der Waals surface area contributed by atoms with Crippen LogP contribution in [0.25, 0.3) is 0 Å². The molecule has 0 rings (SSSR count). The van der Waals surface area contributed by atoms with Crippen LogP contribution in [0.4, 0.5) is 35.1 Å². The summed E-state index contributed by atoms with van der Waals surface area (Å²) in [6.45, 7) is -1.34. The first-order valence-corrected chi connectivity index (χ1v) is 3.67. The molecule has 0 radical (unpaired) electrons. The highest BCUT2D eigenvalue weighted by molar-refractivity contribution is 5.84. The molecule has 0 aliphatic carbocycles. The highest BCUT2D eigenvalue weighted by atomic mass is 19.4. The second-order valence-corrected chi connectivity index (χ2v) is 2.69. The number of carbonyl (C=O) groups is 1. The zero-order valence-corrected chi connectivity index (χ0v) is 7.35. The summed E-state index contributed by atoms with van der Waals surface area (Å²) in [4.78, 5) is 10.2. The van der Waals surface area contributed by atoms with E-state index in [0.29, 0.717) is 0 Å². The third-order valence-electron chi connectivity index (χ3n) is 1.34. The standard InChI is InChI=1S/C6H5F8NO/c7-4(8,9)1-2-15-3(16)5(10,11)6(12,13)14/h1-2H2,(H,15,16). The van der Waals surface area contributed by atoms with Crippen molar-refractivity contribution in [1.82, 2.24) is 5.32 Å². The molecular formula is C6H5F8NO. The van der Waals surface area contributed by atoms with Crippen molar-refractivity contribution >= 4 is 5.91 Å². The first-order chi connectivity index (χ1) is 6.88. The van der Waals surface area contributed by atoms with E-state index in [1.54, 1.807) is 0 Å². The largest absolute Gasteiger partial charge is 0.463 e. The molecule has 0 saturated heterocycles. The van der Waals surface area contributed by atoms with Crippen molar-refractivity contribution in [2.24, 2.45) is 0 Å². The Bertz CT molecular complexity index is 254. The van der Waals surface area contributed by atoms with Gasteiger partial charge in [-0.2, -0.15) is 35.1 Å². The minimum absolute atomic E-state index is 0.857. The summed E-state index contributed by atoms with van der Waals surface area (Å²) in [5, 5.41) is 0.857. The van der Waals surface area contributed by atoms with E-state index in [1.807, 2.05) is 0 Å². The summed E-state index contributed by atoms with van der Waals surface area (Å²) in [5.41, 5.74) is 0. The molecule has 16 heavy (non-hydrogen) atoms. The summed E-state index contributed by atoms with van der Waals surface area (Å²) in [5.74, 6) is -8.50. The lowest BCUT2D eigenvalue weighted by Gasteiger charge is -2.18. The monoisotopic (exact) mass is 259 g/mol. The average molecular weight is 259 g/mol. The van der Waals surface area contributed by atoms with Crippen LogP contribution < -0.4 is 5.32 Å². The molecule has 0 fully saturated rings. The molecule has 0 aromatic heterocycles. The van der Waals surface area contributed by atoms with Gasteiger partial charge >= 0.3 is 18.3 Å². The second kappa shape index (κ2) is 4.42. The van der Waals surface area contributed by atoms with Crippen molar-refractivity contribution in [3.63, 3.8) is 0 Å². The quantitative estimate of drug-likeness (QED) is 0.774. The lowest BCUT2D eigenvalue weighted by molar-refractivity contribution is -0.269. The first-order valence-electron chi connectivity index (χ1n) is 3.67. The molecule has 0 unspecified atom stereocenters. The van der Waals surface area contributed by atoms with Gasteiger partial charge in [-0.05, 0) is 0 Å². The van der Waals surface area contributed by atoms with Crippen molar-refractivity contribution in [2.45, 2.75) is 24.7 Å². The smallest absolute Gasteiger partial charge is 0.350 e. The number of alkyl halides is 8. The second-order valence-electron chi connectivity index (χ2n) is 2.69. The summed E-state index contributed by atoms with van der Waals surface area (Å²) < 4.78 is 93.2. The highest BCUT2D eigenvalue weighted by Gasteiger charge is 2.63. The van der Waals surface area contributed by atoms with E-state index in [4.69, 9.17) is 0 Å². The van der Waals surface area contributed by atoms with Gasteiger partial charge in [0.15, 0.2) is 0 Å². The molecule has 0 aromatic rings. The number of carbonyl (C=O) groups excluding carboxylic acids is 1. The maximum Gasteiger partial charge on any atom is 0.463 e. The van der Waals surface area contributed by atoms with Crippen LogP contribution in [-0.4, -0.2) is 30.7 Å². The predicted molar refractivity (Wildman–Crippen MR) is 34.7 cm³/mol. The molecule has 1 amide bonds. The predicted octanol–water partition coefficient (Wildman–Crippen LogP) is 2.25. The summed E-state index contributed by atoms with van der Waals surface area (Å²) in [6.07, 6.45) is -12.6. The Kier molecular flexibility index (Phi) is 4.12. The zero-order chi connectivity index (χ0) is 13.2. The lowest BCUT2D eigenvalue weighted by Crippen LogP contribution is -2.50. The van der Waals surface area contributed by atoms with Gasteiger partial charge in [-0.1, -0.05) is 0 Å². The van der Waals surface area contributed by atoms with E-state index < -0.39 is 37.1 Å². The number of halogens is 8. The Balaban J connectivity index is 4.28. The highest BCUT2D eigenvalue weighted by Crippen LogP contribution is 2.35. The maximum atomic E-state index is 12.1. The Morgan fingerprint density at radius 3 is 1.69 bits per heavy atom. The summed E-state index contributed by atoms with van der Waals surface area (Å²) in [7, 11) is 0. The Labute approximate surface area is 83.6 Å². The van der Waals surface area contributed by atoms with Gasteiger partial charge in [-0.15, -0.1) is 0 Å². The first kappa shape index (κ1) is 14.9. The molecule has 0 spiro atoms. The Hall–Kier alpha value is -1.09. The molecule has 0 heterocycles. The van der Waals surface area contributed by atoms with Crippen LogP contribution in [-0.2, 0) is 4.79 Å². The van der Waals surface area contributed by atoms with Gasteiger partial charge in [-0.3, -0.25) is 4.79 Å². The van der Waals surface area contributed by atoms with E-state index >= 15 is 0 Å². The van der Waals surface area contributed by atoms with Gasteiger partial charge < -0.3 is 5.32 Å². The average Bonchev–Trinajstić information content (AvgIpc) is 1.99. The third-order valence-corrected chi connectivity index (χ3v) is 1.34. The molecule has 0 bridgehead atoms. The summed E-state index contributed by atoms with van der Waals surface area (Å²) >= 11 is 0. The minimum atomic E-state index is -6.13. The van der Waals surface area contributed by atoms with Gasteiger partial charge in [-0.25, -0.2) is 0 Å². The van der Waals surface area contributed by atoms with E-state index in [-0.39, 0.29) is 0 Å². The topological polar surface area (TPSA) is 29.1 Å². The van der Waals surface area contributed by atoms with Gasteiger partial charge in [0.05, 0.1) is 6.42 Å². The zero-order valence-electron chi connectivity index (χ0n) is 7.35. The van der Waals surface area contributed by atoms with E-state index in [2.05, 4.69) is 0 Å². The van der Waals surface area contributed by atoms with Crippen LogP contribution in [0.5, 0.6) is 0 Å². The van der Waals surface area contributed by atoms with Crippen molar-refractivity contribution in [3.05, 3.63) is 0 Å². The molecule has 96 valence electrons. The number of hydrogen-bond donors (Lipinski definition) is 1. The van der Waals surface area contributed by atoms with E-state index in [9.17, 15) is 39.9 Å².